The van der Waals surface area contributed by atoms with Gasteiger partial charge in [-0.05, 0) is 42.5 Å². The molecule has 1 aliphatic rings. The van der Waals surface area contributed by atoms with Gasteiger partial charge in [-0.2, -0.15) is 0 Å². The van der Waals surface area contributed by atoms with Crippen molar-refractivity contribution >= 4 is 11.6 Å². The van der Waals surface area contributed by atoms with E-state index in [2.05, 4.69) is 6.92 Å². The average molecular weight is 384 g/mol. The molecule has 0 bridgehead atoms. The maximum Gasteiger partial charge on any atom is 0.270 e. The van der Waals surface area contributed by atoms with Crippen LogP contribution in [0.3, 0.4) is 0 Å². The van der Waals surface area contributed by atoms with Gasteiger partial charge in [0.25, 0.3) is 11.6 Å². The first kappa shape index (κ1) is 19.7. The zero-order valence-corrected chi connectivity index (χ0v) is 16.1. The number of nitrogens with zero attached hydrogens (tertiary/aromatic N) is 2. The predicted octanol–water partition coefficient (Wildman–Crippen LogP) is 3.91. The van der Waals surface area contributed by atoms with Gasteiger partial charge < -0.3 is 14.4 Å². The highest BCUT2D eigenvalue weighted by Crippen LogP contribution is 2.34. The van der Waals surface area contributed by atoms with Gasteiger partial charge >= 0.3 is 0 Å². The van der Waals surface area contributed by atoms with Crippen molar-refractivity contribution in [3.63, 3.8) is 0 Å². The Morgan fingerprint density at radius 1 is 1.25 bits per heavy atom. The molecular weight excluding hydrogens is 360 g/mol. The fraction of sp³-hybridized carbons (Fsp3) is 0.381. The zero-order chi connectivity index (χ0) is 20.1. The van der Waals surface area contributed by atoms with Crippen LogP contribution in [-0.2, 0) is 4.79 Å². The van der Waals surface area contributed by atoms with Crippen LogP contribution in [0.15, 0.2) is 42.5 Å². The molecule has 1 fully saturated rings. The Kier molecular flexibility index (Phi) is 6.13. The maximum atomic E-state index is 12.5. The third-order valence-electron chi connectivity index (χ3n) is 4.94. The second-order valence-corrected chi connectivity index (χ2v) is 7.04. The smallest absolute Gasteiger partial charge is 0.270 e. The minimum atomic E-state index is -0.447. The molecule has 1 aliphatic heterocycles. The molecule has 3 rings (SSSR count). The van der Waals surface area contributed by atoms with Crippen molar-refractivity contribution < 1.29 is 19.2 Å². The van der Waals surface area contributed by atoms with E-state index < -0.39 is 4.92 Å². The molecule has 1 atom stereocenters. The number of ether oxygens (including phenoxy) is 2. The van der Waals surface area contributed by atoms with Gasteiger partial charge in [-0.1, -0.05) is 19.1 Å². The average Bonchev–Trinajstić information content (AvgIpc) is 2.72. The number of likely N-dealkylation sites (tertiary alicyclic amines) is 1. The quantitative estimate of drug-likeness (QED) is 0.557. The molecule has 1 saturated heterocycles. The second-order valence-electron chi connectivity index (χ2n) is 7.04. The van der Waals surface area contributed by atoms with Crippen molar-refractivity contribution in [3.8, 4) is 22.6 Å². The number of hydrogen-bond acceptors (Lipinski definition) is 5. The SMILES string of the molecule is COc1ccc(-c2cc([N+](=O)[O-])ccc2OCC(=O)N2CCC[C@H](C)C2)cc1. The molecule has 148 valence electrons. The molecule has 1 amide bonds. The number of methoxy groups -OCH3 is 1. The van der Waals surface area contributed by atoms with Gasteiger partial charge in [-0.15, -0.1) is 0 Å². The minimum absolute atomic E-state index is 0.0330. The third kappa shape index (κ3) is 4.60. The molecule has 1 heterocycles. The summed E-state index contributed by atoms with van der Waals surface area (Å²) >= 11 is 0. The number of carbonyl (C=O) groups is 1. The Hall–Kier alpha value is -3.09. The lowest BCUT2D eigenvalue weighted by molar-refractivity contribution is -0.384. The molecule has 0 aliphatic carbocycles. The molecule has 0 N–H and O–H groups in total. The summed E-state index contributed by atoms with van der Waals surface area (Å²) in [5.74, 6) is 1.55. The third-order valence-corrected chi connectivity index (χ3v) is 4.94. The Bertz CT molecular complexity index is 850. The number of benzene rings is 2. The topological polar surface area (TPSA) is 81.9 Å². The van der Waals surface area contributed by atoms with Crippen molar-refractivity contribution in [2.24, 2.45) is 5.92 Å². The van der Waals surface area contributed by atoms with E-state index in [-0.39, 0.29) is 18.2 Å². The summed E-state index contributed by atoms with van der Waals surface area (Å²) < 4.78 is 11.0. The van der Waals surface area contributed by atoms with E-state index in [1.165, 1.54) is 12.1 Å². The Labute approximate surface area is 164 Å². The van der Waals surface area contributed by atoms with Crippen LogP contribution in [-0.4, -0.2) is 42.5 Å². The number of rotatable bonds is 6. The molecule has 0 saturated carbocycles. The van der Waals surface area contributed by atoms with Crippen LogP contribution in [0.1, 0.15) is 19.8 Å². The van der Waals surface area contributed by atoms with Crippen LogP contribution < -0.4 is 9.47 Å². The van der Waals surface area contributed by atoms with Crippen LogP contribution in [0.5, 0.6) is 11.5 Å². The van der Waals surface area contributed by atoms with E-state index in [0.717, 1.165) is 31.5 Å². The fourth-order valence-corrected chi connectivity index (χ4v) is 3.40. The van der Waals surface area contributed by atoms with Crippen LogP contribution in [0.2, 0.25) is 0 Å². The summed E-state index contributed by atoms with van der Waals surface area (Å²) in [6.45, 7) is 3.54. The highest BCUT2D eigenvalue weighted by Gasteiger charge is 2.22. The monoisotopic (exact) mass is 384 g/mol. The van der Waals surface area contributed by atoms with Gasteiger partial charge in [0.15, 0.2) is 6.61 Å². The molecule has 7 heteroatoms. The summed E-state index contributed by atoms with van der Waals surface area (Å²) in [4.78, 5) is 25.1. The molecular formula is C21H24N2O5. The van der Waals surface area contributed by atoms with Crippen LogP contribution in [0.25, 0.3) is 11.1 Å². The van der Waals surface area contributed by atoms with Crippen molar-refractivity contribution in [1.82, 2.24) is 4.90 Å². The first-order chi connectivity index (χ1) is 13.5. The van der Waals surface area contributed by atoms with Crippen LogP contribution >= 0.6 is 0 Å². The van der Waals surface area contributed by atoms with Crippen molar-refractivity contribution in [2.75, 3.05) is 26.8 Å². The van der Waals surface area contributed by atoms with E-state index in [1.54, 1.807) is 37.4 Å². The number of amides is 1. The van der Waals surface area contributed by atoms with Crippen molar-refractivity contribution in [3.05, 3.63) is 52.6 Å². The molecule has 0 spiro atoms. The fourth-order valence-electron chi connectivity index (χ4n) is 3.40. The van der Waals surface area contributed by atoms with Crippen molar-refractivity contribution in [2.45, 2.75) is 19.8 Å². The van der Waals surface area contributed by atoms with E-state index in [4.69, 9.17) is 9.47 Å². The van der Waals surface area contributed by atoms with Gasteiger partial charge in [0.1, 0.15) is 11.5 Å². The van der Waals surface area contributed by atoms with Crippen LogP contribution in [0, 0.1) is 16.0 Å². The summed E-state index contributed by atoms with van der Waals surface area (Å²) in [6, 6.07) is 11.6. The molecule has 7 nitrogen and oxygen atoms in total. The standard InChI is InChI=1S/C21H24N2O5/c1-15-4-3-11-22(13-15)21(24)14-28-20-10-7-17(23(25)26)12-19(20)16-5-8-18(27-2)9-6-16/h5-10,12,15H,3-4,11,13-14H2,1-2H3/t15-/m0/s1. The Morgan fingerprint density at radius 2 is 2.00 bits per heavy atom. The first-order valence-corrected chi connectivity index (χ1v) is 9.31. The molecule has 2 aromatic rings. The summed E-state index contributed by atoms with van der Waals surface area (Å²) in [5, 5.41) is 11.2. The number of hydrogen-bond donors (Lipinski definition) is 0. The molecule has 0 aromatic heterocycles. The molecule has 0 unspecified atom stereocenters. The van der Waals surface area contributed by atoms with Crippen LogP contribution in [0.4, 0.5) is 5.69 Å². The number of nitro benzene ring substituents is 1. The van der Waals surface area contributed by atoms with E-state index in [1.807, 2.05) is 4.90 Å². The number of carbonyl (C=O) groups excluding carboxylic acids is 1. The predicted molar refractivity (Wildman–Crippen MR) is 106 cm³/mol. The Morgan fingerprint density at radius 3 is 2.64 bits per heavy atom. The summed E-state index contributed by atoms with van der Waals surface area (Å²) in [5.41, 5.74) is 1.28. The number of nitro groups is 1. The maximum absolute atomic E-state index is 12.5. The normalized spacial score (nSPS) is 16.5. The van der Waals surface area contributed by atoms with Gasteiger partial charge in [-0.25, -0.2) is 0 Å². The zero-order valence-electron chi connectivity index (χ0n) is 16.1. The number of piperidine rings is 1. The lowest BCUT2D eigenvalue weighted by Gasteiger charge is -2.30. The Balaban J connectivity index is 1.81. The van der Waals surface area contributed by atoms with E-state index >= 15 is 0 Å². The van der Waals surface area contributed by atoms with Gasteiger partial charge in [-0.3, -0.25) is 14.9 Å². The summed E-state index contributed by atoms with van der Waals surface area (Å²) in [7, 11) is 1.57. The van der Waals surface area contributed by atoms with Gasteiger partial charge in [0, 0.05) is 30.8 Å². The lowest BCUT2D eigenvalue weighted by Crippen LogP contribution is -2.41. The first-order valence-electron chi connectivity index (χ1n) is 9.31. The highest BCUT2D eigenvalue weighted by molar-refractivity contribution is 5.79. The minimum Gasteiger partial charge on any atom is -0.497 e. The van der Waals surface area contributed by atoms with E-state index in [0.29, 0.717) is 23.0 Å². The van der Waals surface area contributed by atoms with Gasteiger partial charge in [0.05, 0.1) is 12.0 Å². The second kappa shape index (κ2) is 8.73. The molecule has 0 radical (unpaired) electrons. The molecule has 28 heavy (non-hydrogen) atoms. The van der Waals surface area contributed by atoms with E-state index in [9.17, 15) is 14.9 Å². The summed E-state index contributed by atoms with van der Waals surface area (Å²) in [6.07, 6.45) is 2.14. The molecule has 2 aromatic carbocycles. The lowest BCUT2D eigenvalue weighted by atomic mass is 10.0. The van der Waals surface area contributed by atoms with Gasteiger partial charge in [0.2, 0.25) is 0 Å². The number of non-ortho nitro benzene ring substituents is 1. The van der Waals surface area contributed by atoms with Crippen molar-refractivity contribution in [1.29, 1.82) is 0 Å². The highest BCUT2D eigenvalue weighted by atomic mass is 16.6. The largest absolute Gasteiger partial charge is 0.497 e.